The van der Waals surface area contributed by atoms with Gasteiger partial charge in [0.2, 0.25) is 0 Å². The second kappa shape index (κ2) is 10.5. The molecule has 0 radical (unpaired) electrons. The zero-order valence-corrected chi connectivity index (χ0v) is 20.4. The first-order valence-electron chi connectivity index (χ1n) is 10.5. The fraction of sp³-hybridized carbons (Fsp3) is 0.364. The van der Waals surface area contributed by atoms with Crippen LogP contribution < -0.4 is 10.2 Å². The van der Waals surface area contributed by atoms with Crippen LogP contribution in [0, 0.1) is 0 Å². The Morgan fingerprint density at radius 1 is 1.21 bits per heavy atom. The van der Waals surface area contributed by atoms with Gasteiger partial charge in [0.25, 0.3) is 11.1 Å². The van der Waals surface area contributed by atoms with Crippen molar-refractivity contribution in [3.63, 3.8) is 0 Å². The molecule has 2 aromatic carbocycles. The highest BCUT2D eigenvalue weighted by atomic mass is 35.5. The number of ether oxygens (including phenoxy) is 2. The van der Waals surface area contributed by atoms with E-state index >= 15 is 0 Å². The number of hydrogen-bond donors (Lipinski definition) is 2. The van der Waals surface area contributed by atoms with Gasteiger partial charge in [0, 0.05) is 30.1 Å². The lowest BCUT2D eigenvalue weighted by molar-refractivity contribution is -0.134. The van der Waals surface area contributed by atoms with E-state index in [4.69, 9.17) is 30.7 Å². The number of halogens is 1. The molecule has 1 amide bonds. The Bertz CT molecular complexity index is 1260. The van der Waals surface area contributed by atoms with E-state index in [2.05, 4.69) is 4.98 Å². The van der Waals surface area contributed by atoms with Crippen molar-refractivity contribution in [2.24, 2.45) is 0 Å². The van der Waals surface area contributed by atoms with E-state index in [1.807, 2.05) is 0 Å². The normalized spacial score (nSPS) is 15.8. The first-order valence-corrected chi connectivity index (χ1v) is 13.4. The summed E-state index contributed by atoms with van der Waals surface area (Å²) in [5.74, 6) is 0.275. The van der Waals surface area contributed by atoms with Crippen molar-refractivity contribution in [3.05, 3.63) is 47.5 Å². The number of carbonyl (C=O) groups excluding carboxylic acids is 1. The molecule has 0 atom stereocenters. The molecule has 4 rings (SSSR count). The first kappa shape index (κ1) is 24.8. The van der Waals surface area contributed by atoms with Crippen molar-refractivity contribution in [2.75, 3.05) is 25.6 Å². The summed E-state index contributed by atoms with van der Waals surface area (Å²) in [4.78, 5) is 16.7. The van der Waals surface area contributed by atoms with Gasteiger partial charge in [-0.15, -0.1) is 0 Å². The second-order valence-electron chi connectivity index (χ2n) is 7.66. The summed E-state index contributed by atoms with van der Waals surface area (Å²) in [5, 5.41) is 10.3. The van der Waals surface area contributed by atoms with Crippen molar-refractivity contribution in [3.8, 4) is 5.75 Å². The molecule has 3 aromatic rings. The summed E-state index contributed by atoms with van der Waals surface area (Å²) >= 11 is 7.42. The van der Waals surface area contributed by atoms with Crippen LogP contribution in [0.25, 0.3) is 11.1 Å². The van der Waals surface area contributed by atoms with E-state index in [-0.39, 0.29) is 31.0 Å². The van der Waals surface area contributed by atoms with E-state index in [9.17, 15) is 13.2 Å². The number of aromatic nitrogens is 1. The fourth-order valence-corrected chi connectivity index (χ4v) is 6.56. The Balaban J connectivity index is 1.32. The minimum Gasteiger partial charge on any atom is -0.494 e. The molecule has 1 fully saturated rings. The maximum atomic E-state index is 13.2. The number of sulfone groups is 1. The minimum absolute atomic E-state index is 0.0167. The highest BCUT2D eigenvalue weighted by Crippen LogP contribution is 2.36. The van der Waals surface area contributed by atoms with Crippen molar-refractivity contribution < 1.29 is 32.3 Å². The molecule has 1 aromatic heterocycles. The maximum Gasteiger partial charge on any atom is 0.265 e. The van der Waals surface area contributed by atoms with Crippen LogP contribution in [0.5, 0.6) is 5.75 Å². The van der Waals surface area contributed by atoms with E-state index in [1.54, 1.807) is 30.3 Å². The summed E-state index contributed by atoms with van der Waals surface area (Å²) in [6.07, 6.45) is 0.638. The van der Waals surface area contributed by atoms with Gasteiger partial charge in [0.15, 0.2) is 20.2 Å². The summed E-state index contributed by atoms with van der Waals surface area (Å²) in [5.41, 5.74) is 2.89. The van der Waals surface area contributed by atoms with E-state index in [0.29, 0.717) is 40.4 Å². The van der Waals surface area contributed by atoms with Crippen LogP contribution in [0.15, 0.2) is 57.0 Å². The molecule has 34 heavy (non-hydrogen) atoms. The lowest BCUT2D eigenvalue weighted by atomic mass is 9.98. The number of rotatable bonds is 9. The largest absolute Gasteiger partial charge is 0.494 e. The molecule has 182 valence electrons. The predicted octanol–water partition coefficient (Wildman–Crippen LogP) is 3.87. The number of nitrogens with zero attached hydrogens (tertiary/aromatic N) is 1. The van der Waals surface area contributed by atoms with Gasteiger partial charge < -0.3 is 13.9 Å². The lowest BCUT2D eigenvalue weighted by Gasteiger charge is -2.34. The Morgan fingerprint density at radius 2 is 1.94 bits per heavy atom. The number of fused-ring (bicyclic) bond motifs is 1. The number of hydrogen-bond acceptors (Lipinski definition) is 9. The average molecular weight is 527 g/mol. The summed E-state index contributed by atoms with van der Waals surface area (Å²) in [6, 6.07) is 11.2. The quantitative estimate of drug-likeness (QED) is 0.185. The van der Waals surface area contributed by atoms with Crippen LogP contribution in [0.2, 0.25) is 5.02 Å². The molecular weight excluding hydrogens is 504 g/mol. The number of oxazole rings is 1. The Morgan fingerprint density at radius 3 is 2.65 bits per heavy atom. The standard InChI is InChI=1S/C22H23ClN2O7S2/c23-15-2-7-18-19(14-15)32-21(24-18)33-13-1-10-31-16-3-5-17(6-4-16)34(28,29)22(20(26)25-27)8-11-30-12-9-22/h2-7,14,27H,1,8-13H2,(H,25,26). The van der Waals surface area contributed by atoms with Crippen molar-refractivity contribution in [2.45, 2.75) is 34.1 Å². The molecule has 0 unspecified atom stereocenters. The highest BCUT2D eigenvalue weighted by molar-refractivity contribution is 7.99. The van der Waals surface area contributed by atoms with E-state index in [1.165, 1.54) is 29.4 Å². The SMILES string of the molecule is O=C(NO)C1(S(=O)(=O)c2ccc(OCCCSc3nc4ccc(Cl)cc4o3)cc2)CCOCC1. The van der Waals surface area contributed by atoms with Crippen LogP contribution in [-0.4, -0.2) is 54.8 Å². The van der Waals surface area contributed by atoms with Gasteiger partial charge in [-0.1, -0.05) is 23.4 Å². The molecule has 1 aliphatic rings. The van der Waals surface area contributed by atoms with Crippen molar-refractivity contribution in [1.82, 2.24) is 10.5 Å². The summed E-state index contributed by atoms with van der Waals surface area (Å²) < 4.78 is 41.3. The van der Waals surface area contributed by atoms with Crippen molar-refractivity contribution in [1.29, 1.82) is 0 Å². The predicted molar refractivity (Wildman–Crippen MR) is 126 cm³/mol. The second-order valence-corrected chi connectivity index (χ2v) is 11.4. The molecule has 1 aliphatic heterocycles. The number of nitrogens with one attached hydrogen (secondary N) is 1. The summed E-state index contributed by atoms with van der Waals surface area (Å²) in [7, 11) is -4.06. The van der Waals surface area contributed by atoms with Gasteiger partial charge in [-0.2, -0.15) is 0 Å². The highest BCUT2D eigenvalue weighted by Gasteiger charge is 2.52. The third kappa shape index (κ3) is 5.03. The van der Waals surface area contributed by atoms with Gasteiger partial charge in [0.1, 0.15) is 11.3 Å². The third-order valence-corrected chi connectivity index (χ3v) is 9.24. The zero-order chi connectivity index (χ0) is 24.2. The molecular formula is C22H23ClN2O7S2. The van der Waals surface area contributed by atoms with E-state index in [0.717, 1.165) is 5.52 Å². The number of thioether (sulfide) groups is 1. The number of benzene rings is 2. The molecule has 1 saturated heterocycles. The zero-order valence-electron chi connectivity index (χ0n) is 18.0. The molecule has 0 bridgehead atoms. The number of carbonyl (C=O) groups is 1. The van der Waals surface area contributed by atoms with Crippen LogP contribution >= 0.6 is 23.4 Å². The Labute approximate surface area is 205 Å². The smallest absolute Gasteiger partial charge is 0.265 e. The van der Waals surface area contributed by atoms with Crippen LogP contribution in [0.4, 0.5) is 0 Å². The average Bonchev–Trinajstić information content (AvgIpc) is 3.25. The number of hydroxylamine groups is 1. The first-order chi connectivity index (χ1) is 16.4. The lowest BCUT2D eigenvalue weighted by Crippen LogP contribution is -2.54. The van der Waals surface area contributed by atoms with Crippen LogP contribution in [0.3, 0.4) is 0 Å². The molecule has 0 aliphatic carbocycles. The van der Waals surface area contributed by atoms with Gasteiger partial charge in [-0.05, 0) is 55.7 Å². The molecule has 12 heteroatoms. The molecule has 9 nitrogen and oxygen atoms in total. The van der Waals surface area contributed by atoms with E-state index < -0.39 is 20.5 Å². The maximum absolute atomic E-state index is 13.2. The topological polar surface area (TPSA) is 128 Å². The molecule has 2 N–H and O–H groups in total. The Kier molecular flexibility index (Phi) is 7.68. The fourth-order valence-electron chi connectivity index (χ4n) is 3.71. The monoisotopic (exact) mass is 526 g/mol. The third-order valence-electron chi connectivity index (χ3n) is 5.58. The van der Waals surface area contributed by atoms with Gasteiger partial charge in [-0.25, -0.2) is 18.9 Å². The summed E-state index contributed by atoms with van der Waals surface area (Å²) in [6.45, 7) is 0.644. The van der Waals surface area contributed by atoms with Crippen LogP contribution in [-0.2, 0) is 19.4 Å². The minimum atomic E-state index is -4.06. The molecule has 0 spiro atoms. The van der Waals surface area contributed by atoms with Gasteiger partial charge >= 0.3 is 0 Å². The Hall–Kier alpha value is -2.31. The van der Waals surface area contributed by atoms with Gasteiger partial charge in [-0.3, -0.25) is 10.0 Å². The molecule has 2 heterocycles. The molecule has 0 saturated carbocycles. The number of amides is 1. The van der Waals surface area contributed by atoms with Crippen LogP contribution in [0.1, 0.15) is 19.3 Å². The van der Waals surface area contributed by atoms with Crippen molar-refractivity contribution >= 4 is 50.2 Å². The van der Waals surface area contributed by atoms with Gasteiger partial charge in [0.05, 0.1) is 11.5 Å².